The Morgan fingerprint density at radius 3 is 2.80 bits per heavy atom. The summed E-state index contributed by atoms with van der Waals surface area (Å²) in [5.74, 6) is 1.23. The van der Waals surface area contributed by atoms with Gasteiger partial charge < -0.3 is 14.4 Å². The summed E-state index contributed by atoms with van der Waals surface area (Å²) in [6.07, 6.45) is 0. The molecule has 35 heavy (non-hydrogen) atoms. The van der Waals surface area contributed by atoms with Crippen molar-refractivity contribution >= 4 is 44.0 Å². The van der Waals surface area contributed by atoms with E-state index in [4.69, 9.17) is 21.1 Å². The largest absolute Gasteiger partial charge is 0.490 e. The predicted molar refractivity (Wildman–Crippen MR) is 138 cm³/mol. The van der Waals surface area contributed by atoms with Gasteiger partial charge in [0.15, 0.2) is 11.6 Å². The molecule has 0 saturated heterocycles. The van der Waals surface area contributed by atoms with Crippen molar-refractivity contribution in [1.29, 1.82) is 0 Å². The van der Waals surface area contributed by atoms with E-state index in [1.54, 1.807) is 25.1 Å². The fourth-order valence-corrected chi connectivity index (χ4v) is 5.51. The third kappa shape index (κ3) is 4.72. The fraction of sp³-hybridized carbons (Fsp3) is 0.192. The summed E-state index contributed by atoms with van der Waals surface area (Å²) in [5, 5.41) is 1.20. The number of para-hydroxylation sites is 1. The Morgan fingerprint density at radius 2 is 1.94 bits per heavy atom. The number of pyridine rings is 1. The summed E-state index contributed by atoms with van der Waals surface area (Å²) in [7, 11) is -1.94. The molecule has 0 bridgehead atoms. The van der Waals surface area contributed by atoms with Crippen molar-refractivity contribution in [2.24, 2.45) is 0 Å². The number of ether oxygens (including phenoxy) is 2. The number of fused-ring (bicyclic) bond motifs is 2. The molecular weight excluding hydrogens is 486 g/mol. The molecule has 1 N–H and O–H groups in total. The first-order chi connectivity index (χ1) is 16.8. The topological polar surface area (TPSA) is 80.8 Å². The van der Waals surface area contributed by atoms with Gasteiger partial charge in [0.05, 0.1) is 22.6 Å². The van der Waals surface area contributed by atoms with E-state index in [1.807, 2.05) is 49.5 Å². The molecular formula is C26H24ClN3O4S. The minimum Gasteiger partial charge on any atom is -0.490 e. The molecule has 0 amide bonds. The number of aromatic nitrogens is 1. The average Bonchev–Trinajstić information content (AvgIpc) is 2.84. The highest BCUT2D eigenvalue weighted by atomic mass is 35.5. The average molecular weight is 510 g/mol. The first kappa shape index (κ1) is 23.3. The van der Waals surface area contributed by atoms with Crippen molar-refractivity contribution in [3.05, 3.63) is 82.9 Å². The van der Waals surface area contributed by atoms with Crippen LogP contribution in [-0.4, -0.2) is 33.6 Å². The van der Waals surface area contributed by atoms with Crippen molar-refractivity contribution in [2.45, 2.75) is 18.4 Å². The Balaban J connectivity index is 1.48. The Bertz CT molecular complexity index is 1520. The van der Waals surface area contributed by atoms with Crippen LogP contribution in [0.5, 0.6) is 11.5 Å². The molecule has 1 aliphatic rings. The molecule has 3 aromatic carbocycles. The van der Waals surface area contributed by atoms with Crippen molar-refractivity contribution in [3.63, 3.8) is 0 Å². The lowest BCUT2D eigenvalue weighted by molar-refractivity contribution is 0.298. The highest BCUT2D eigenvalue weighted by Gasteiger charge is 2.22. The summed E-state index contributed by atoms with van der Waals surface area (Å²) >= 11 is 6.16. The number of benzene rings is 3. The number of hydrogen-bond acceptors (Lipinski definition) is 6. The smallest absolute Gasteiger partial charge is 0.263 e. The van der Waals surface area contributed by atoms with Crippen LogP contribution < -0.4 is 19.1 Å². The summed E-state index contributed by atoms with van der Waals surface area (Å²) in [6, 6.07) is 19.9. The highest BCUT2D eigenvalue weighted by Crippen LogP contribution is 2.34. The number of nitrogens with zero attached hydrogens (tertiary/aromatic N) is 2. The highest BCUT2D eigenvalue weighted by molar-refractivity contribution is 7.92. The van der Waals surface area contributed by atoms with E-state index >= 15 is 0 Å². The number of likely N-dealkylation sites (N-methyl/N-ethyl adjacent to an activating group) is 1. The third-order valence-corrected chi connectivity index (χ3v) is 7.83. The second kappa shape index (κ2) is 9.28. The SMILES string of the molecule is Cc1c(Cl)cccc1S(=O)(=O)Nc1nc2ccccc2cc1OCc1ccc2c(c1)OCCN2C. The molecule has 0 radical (unpaired) electrons. The Labute approximate surface area is 209 Å². The number of hydrogen-bond donors (Lipinski definition) is 1. The maximum absolute atomic E-state index is 13.2. The van der Waals surface area contributed by atoms with E-state index in [-0.39, 0.29) is 17.3 Å². The molecule has 2 heterocycles. The van der Waals surface area contributed by atoms with Crippen molar-refractivity contribution in [3.8, 4) is 11.5 Å². The summed E-state index contributed by atoms with van der Waals surface area (Å²) in [5.41, 5.74) is 3.03. The van der Waals surface area contributed by atoms with E-state index in [0.29, 0.717) is 28.5 Å². The lowest BCUT2D eigenvalue weighted by Gasteiger charge is -2.28. The van der Waals surface area contributed by atoms with Crippen molar-refractivity contribution < 1.29 is 17.9 Å². The second-order valence-electron chi connectivity index (χ2n) is 8.36. The zero-order valence-electron chi connectivity index (χ0n) is 19.3. The lowest BCUT2D eigenvalue weighted by Crippen LogP contribution is -2.28. The molecule has 1 aliphatic heterocycles. The molecule has 0 saturated carbocycles. The van der Waals surface area contributed by atoms with E-state index in [9.17, 15) is 8.42 Å². The molecule has 0 aliphatic carbocycles. The van der Waals surface area contributed by atoms with Gasteiger partial charge in [-0.25, -0.2) is 13.4 Å². The van der Waals surface area contributed by atoms with Gasteiger partial charge in [-0.3, -0.25) is 4.72 Å². The first-order valence-electron chi connectivity index (χ1n) is 11.1. The molecule has 0 spiro atoms. The van der Waals surface area contributed by atoms with Crippen LogP contribution in [0.25, 0.3) is 10.9 Å². The molecule has 7 nitrogen and oxygen atoms in total. The number of nitrogens with one attached hydrogen (secondary N) is 1. The number of sulfonamides is 1. The molecule has 1 aromatic heterocycles. The van der Waals surface area contributed by atoms with Gasteiger partial charge in [-0.05, 0) is 54.4 Å². The van der Waals surface area contributed by atoms with Crippen molar-refractivity contribution in [1.82, 2.24) is 4.98 Å². The van der Waals surface area contributed by atoms with Gasteiger partial charge in [0.25, 0.3) is 10.0 Å². The van der Waals surface area contributed by atoms with Crippen LogP contribution in [0, 0.1) is 6.92 Å². The predicted octanol–water partition coefficient (Wildman–Crippen LogP) is 5.41. The molecule has 0 atom stereocenters. The van der Waals surface area contributed by atoms with Gasteiger partial charge in [-0.1, -0.05) is 41.9 Å². The van der Waals surface area contributed by atoms with E-state index in [2.05, 4.69) is 14.6 Å². The number of halogens is 1. The van der Waals surface area contributed by atoms with E-state index in [1.165, 1.54) is 6.07 Å². The van der Waals surface area contributed by atoms with Crippen LogP contribution in [-0.2, 0) is 16.6 Å². The number of rotatable bonds is 6. The van der Waals surface area contributed by atoms with Gasteiger partial charge in [-0.2, -0.15) is 0 Å². The van der Waals surface area contributed by atoms with Gasteiger partial charge in [0.2, 0.25) is 0 Å². The summed E-state index contributed by atoms with van der Waals surface area (Å²) < 4.78 is 41.0. The van der Waals surface area contributed by atoms with Gasteiger partial charge >= 0.3 is 0 Å². The summed E-state index contributed by atoms with van der Waals surface area (Å²) in [6.45, 7) is 3.33. The molecule has 4 aromatic rings. The van der Waals surface area contributed by atoms with Crippen LogP contribution in [0.15, 0.2) is 71.6 Å². The minimum absolute atomic E-state index is 0.0851. The maximum Gasteiger partial charge on any atom is 0.263 e. The standard InChI is InChI=1S/C26H24ClN3O4S/c1-17-20(27)7-5-9-25(17)35(31,32)29-26-24(15-19-6-3-4-8-21(19)28-26)34-16-18-10-11-22-23(14-18)33-13-12-30(22)2/h3-11,14-15H,12-13,16H2,1-2H3,(H,28,29). The zero-order chi connectivity index (χ0) is 24.6. The fourth-order valence-electron chi connectivity index (χ4n) is 3.99. The van der Waals surface area contributed by atoms with Crippen LogP contribution in [0.4, 0.5) is 11.5 Å². The zero-order valence-corrected chi connectivity index (χ0v) is 20.9. The molecule has 0 fully saturated rings. The quantitative estimate of drug-likeness (QED) is 0.374. The van der Waals surface area contributed by atoms with Crippen LogP contribution in [0.2, 0.25) is 5.02 Å². The number of anilines is 2. The lowest BCUT2D eigenvalue weighted by atomic mass is 10.1. The maximum atomic E-state index is 13.2. The van der Waals surface area contributed by atoms with E-state index in [0.717, 1.165) is 28.9 Å². The monoisotopic (exact) mass is 509 g/mol. The first-order valence-corrected chi connectivity index (χ1v) is 13.0. The second-order valence-corrected chi connectivity index (χ2v) is 10.4. The Morgan fingerprint density at radius 1 is 1.11 bits per heavy atom. The molecule has 5 rings (SSSR count). The van der Waals surface area contributed by atoms with E-state index < -0.39 is 10.0 Å². The van der Waals surface area contributed by atoms with Crippen molar-refractivity contribution in [2.75, 3.05) is 29.8 Å². The third-order valence-electron chi connectivity index (χ3n) is 5.94. The van der Waals surface area contributed by atoms with Gasteiger partial charge in [0, 0.05) is 17.5 Å². The van der Waals surface area contributed by atoms with Crippen LogP contribution >= 0.6 is 11.6 Å². The molecule has 180 valence electrons. The normalized spacial score (nSPS) is 13.3. The Hall–Kier alpha value is -3.49. The molecule has 9 heteroatoms. The minimum atomic E-state index is -3.96. The summed E-state index contributed by atoms with van der Waals surface area (Å²) in [4.78, 5) is 6.78. The van der Waals surface area contributed by atoms with Gasteiger partial charge in [0.1, 0.15) is 19.0 Å². The van der Waals surface area contributed by atoms with Crippen LogP contribution in [0.3, 0.4) is 0 Å². The molecule has 0 unspecified atom stereocenters. The Kier molecular flexibility index (Phi) is 6.17. The van der Waals surface area contributed by atoms with Gasteiger partial charge in [-0.15, -0.1) is 0 Å². The van der Waals surface area contributed by atoms with Crippen LogP contribution in [0.1, 0.15) is 11.1 Å².